The monoisotopic (exact) mass is 124 g/mol. The number of aliphatic hydroxyl groups is 1. The second kappa shape index (κ2) is 2.49. The van der Waals surface area contributed by atoms with Crippen LogP contribution in [0.4, 0.5) is 0 Å². The Bertz CT molecular complexity index is 168. The van der Waals surface area contributed by atoms with Crippen LogP contribution in [0.15, 0.2) is 24.0 Å². The van der Waals surface area contributed by atoms with Crippen molar-refractivity contribution < 1.29 is 9.90 Å². The lowest BCUT2D eigenvalue weighted by Gasteiger charge is -2.04. The molecule has 0 aromatic rings. The number of hydrogen-bond acceptors (Lipinski definition) is 2. The van der Waals surface area contributed by atoms with E-state index in [1.165, 1.54) is 0 Å². The van der Waals surface area contributed by atoms with E-state index in [-0.39, 0.29) is 11.7 Å². The van der Waals surface area contributed by atoms with Gasteiger partial charge in [0.05, 0.1) is 0 Å². The second-order valence-electron chi connectivity index (χ2n) is 2.03. The van der Waals surface area contributed by atoms with Crippen molar-refractivity contribution >= 4 is 6.29 Å². The van der Waals surface area contributed by atoms with Gasteiger partial charge in [0.25, 0.3) is 0 Å². The van der Waals surface area contributed by atoms with E-state index in [0.717, 1.165) is 6.29 Å². The van der Waals surface area contributed by atoms with Gasteiger partial charge in [-0.2, -0.15) is 0 Å². The van der Waals surface area contributed by atoms with E-state index in [4.69, 9.17) is 5.11 Å². The normalized spacial score (nSPS) is 25.3. The number of aldehydes is 1. The summed E-state index contributed by atoms with van der Waals surface area (Å²) < 4.78 is 0. The molecule has 0 saturated heterocycles. The third-order valence-electron chi connectivity index (χ3n) is 1.26. The maximum atomic E-state index is 10.1. The molecule has 2 heteroatoms. The number of allylic oxidation sites excluding steroid dienone is 3. The number of carbonyl (C=O) groups is 1. The molecule has 0 fully saturated rings. The van der Waals surface area contributed by atoms with Gasteiger partial charge in [-0.05, 0) is 18.6 Å². The van der Waals surface area contributed by atoms with E-state index in [9.17, 15) is 4.79 Å². The lowest BCUT2D eigenvalue weighted by Crippen LogP contribution is -2.00. The Balaban J connectivity index is 2.65. The smallest absolute Gasteiger partial charge is 0.127 e. The van der Waals surface area contributed by atoms with Crippen LogP contribution < -0.4 is 0 Å². The minimum Gasteiger partial charge on any atom is -0.508 e. The molecule has 2 nitrogen and oxygen atoms in total. The van der Waals surface area contributed by atoms with Crippen LogP contribution in [0.5, 0.6) is 0 Å². The van der Waals surface area contributed by atoms with Crippen molar-refractivity contribution in [1.82, 2.24) is 0 Å². The van der Waals surface area contributed by atoms with Crippen molar-refractivity contribution in [3.8, 4) is 0 Å². The molecule has 0 bridgehead atoms. The first kappa shape index (κ1) is 6.08. The average molecular weight is 124 g/mol. The summed E-state index contributed by atoms with van der Waals surface area (Å²) in [5.74, 6) is 0.0772. The largest absolute Gasteiger partial charge is 0.508 e. The van der Waals surface area contributed by atoms with Gasteiger partial charge < -0.3 is 9.90 Å². The minimum absolute atomic E-state index is 0.116. The molecular weight excluding hydrogens is 116 g/mol. The highest BCUT2D eigenvalue weighted by molar-refractivity contribution is 5.58. The molecule has 1 unspecified atom stereocenters. The molecule has 1 aliphatic rings. The molecule has 1 atom stereocenters. The molecule has 0 aromatic heterocycles. The van der Waals surface area contributed by atoms with Crippen molar-refractivity contribution in [2.24, 2.45) is 5.92 Å². The first-order chi connectivity index (χ1) is 4.33. The van der Waals surface area contributed by atoms with Crippen molar-refractivity contribution in [3.05, 3.63) is 24.0 Å². The van der Waals surface area contributed by atoms with Gasteiger partial charge in [0.2, 0.25) is 0 Å². The quantitative estimate of drug-likeness (QED) is 0.533. The van der Waals surface area contributed by atoms with Gasteiger partial charge in [-0.3, -0.25) is 0 Å². The molecule has 48 valence electrons. The van der Waals surface area contributed by atoms with Crippen molar-refractivity contribution in [2.45, 2.75) is 6.42 Å². The Morgan fingerprint density at radius 3 is 3.00 bits per heavy atom. The summed E-state index contributed by atoms with van der Waals surface area (Å²) in [6.45, 7) is 0. The van der Waals surface area contributed by atoms with Crippen molar-refractivity contribution in [2.75, 3.05) is 0 Å². The van der Waals surface area contributed by atoms with Crippen LogP contribution in [0.1, 0.15) is 6.42 Å². The number of hydrogen-bond donors (Lipinski definition) is 1. The van der Waals surface area contributed by atoms with Gasteiger partial charge in [0.1, 0.15) is 12.0 Å². The summed E-state index contributed by atoms with van der Waals surface area (Å²) in [5.41, 5.74) is 0. The minimum atomic E-state index is -0.116. The lowest BCUT2D eigenvalue weighted by atomic mass is 10.0. The Labute approximate surface area is 53.5 Å². The van der Waals surface area contributed by atoms with Crippen LogP contribution in [0, 0.1) is 5.92 Å². The summed E-state index contributed by atoms with van der Waals surface area (Å²) in [6.07, 6.45) is 6.48. The molecule has 9 heavy (non-hydrogen) atoms. The predicted octanol–water partition coefficient (Wildman–Crippen LogP) is 1.20. The maximum Gasteiger partial charge on any atom is 0.127 e. The first-order valence-corrected chi connectivity index (χ1v) is 2.85. The fraction of sp³-hybridized carbons (Fsp3) is 0.286. The summed E-state index contributed by atoms with van der Waals surface area (Å²) in [6, 6.07) is 0. The van der Waals surface area contributed by atoms with E-state index in [2.05, 4.69) is 0 Å². The molecule has 1 aliphatic carbocycles. The Kier molecular flexibility index (Phi) is 1.68. The van der Waals surface area contributed by atoms with Crippen LogP contribution in [-0.2, 0) is 4.79 Å². The summed E-state index contributed by atoms with van der Waals surface area (Å²) in [4.78, 5) is 10.1. The molecule has 0 heterocycles. The number of carbonyl (C=O) groups excluding carboxylic acids is 1. The van der Waals surface area contributed by atoms with E-state index < -0.39 is 0 Å². The van der Waals surface area contributed by atoms with Crippen LogP contribution in [0.2, 0.25) is 0 Å². The second-order valence-corrected chi connectivity index (χ2v) is 2.03. The van der Waals surface area contributed by atoms with E-state index >= 15 is 0 Å². The number of rotatable bonds is 1. The number of aliphatic hydroxyl groups excluding tert-OH is 1. The molecule has 0 radical (unpaired) electrons. The first-order valence-electron chi connectivity index (χ1n) is 2.85. The highest BCUT2D eigenvalue weighted by Crippen LogP contribution is 2.11. The molecule has 0 spiro atoms. The average Bonchev–Trinajstić information content (AvgIpc) is 1.88. The van der Waals surface area contributed by atoms with E-state index in [1.807, 2.05) is 0 Å². The molecule has 0 amide bonds. The van der Waals surface area contributed by atoms with Crippen LogP contribution in [0.25, 0.3) is 0 Å². The van der Waals surface area contributed by atoms with Crippen molar-refractivity contribution in [3.63, 3.8) is 0 Å². The van der Waals surface area contributed by atoms with Crippen LogP contribution in [-0.4, -0.2) is 11.4 Å². The van der Waals surface area contributed by atoms with Crippen molar-refractivity contribution in [1.29, 1.82) is 0 Å². The van der Waals surface area contributed by atoms with Crippen LogP contribution in [0.3, 0.4) is 0 Å². The van der Waals surface area contributed by atoms with Gasteiger partial charge in [-0.1, -0.05) is 6.08 Å². The van der Waals surface area contributed by atoms with Gasteiger partial charge in [-0.25, -0.2) is 0 Å². The SMILES string of the molecule is O=CC1C=C(O)C=CC1. The molecular formula is C7H8O2. The van der Waals surface area contributed by atoms with Gasteiger partial charge in [0, 0.05) is 5.92 Å². The predicted molar refractivity (Wildman–Crippen MR) is 34.0 cm³/mol. The Hall–Kier alpha value is -1.05. The third-order valence-corrected chi connectivity index (χ3v) is 1.26. The summed E-state index contributed by atoms with van der Waals surface area (Å²) in [5, 5.41) is 8.83. The van der Waals surface area contributed by atoms with Gasteiger partial charge in [0.15, 0.2) is 0 Å². The molecule has 0 aliphatic heterocycles. The van der Waals surface area contributed by atoms with Gasteiger partial charge in [-0.15, -0.1) is 0 Å². The molecule has 0 saturated carbocycles. The van der Waals surface area contributed by atoms with Crippen LogP contribution >= 0.6 is 0 Å². The Morgan fingerprint density at radius 1 is 1.78 bits per heavy atom. The fourth-order valence-electron chi connectivity index (χ4n) is 0.784. The molecule has 1 rings (SSSR count). The topological polar surface area (TPSA) is 37.3 Å². The molecule has 1 N–H and O–H groups in total. The standard InChI is InChI=1S/C7H8O2/c8-5-6-2-1-3-7(9)4-6/h1,3-6,9H,2H2. The fourth-order valence-corrected chi connectivity index (χ4v) is 0.784. The zero-order valence-electron chi connectivity index (χ0n) is 4.95. The highest BCUT2D eigenvalue weighted by Gasteiger charge is 2.05. The van der Waals surface area contributed by atoms with E-state index in [1.54, 1.807) is 18.2 Å². The molecule has 0 aromatic carbocycles. The maximum absolute atomic E-state index is 10.1. The zero-order chi connectivity index (χ0) is 6.69. The third kappa shape index (κ3) is 1.42. The Morgan fingerprint density at radius 2 is 2.56 bits per heavy atom. The lowest BCUT2D eigenvalue weighted by molar-refractivity contribution is -0.109. The zero-order valence-corrected chi connectivity index (χ0v) is 4.95. The van der Waals surface area contributed by atoms with E-state index in [0.29, 0.717) is 6.42 Å². The summed E-state index contributed by atoms with van der Waals surface area (Å²) in [7, 11) is 0. The van der Waals surface area contributed by atoms with Gasteiger partial charge >= 0.3 is 0 Å². The summed E-state index contributed by atoms with van der Waals surface area (Å²) >= 11 is 0. The highest BCUT2D eigenvalue weighted by atomic mass is 16.3.